The lowest BCUT2D eigenvalue weighted by Gasteiger charge is -2.27. The Balaban J connectivity index is 1.54. The van der Waals surface area contributed by atoms with Crippen molar-refractivity contribution in [3.05, 3.63) is 84.4 Å². The van der Waals surface area contributed by atoms with Gasteiger partial charge in [0.1, 0.15) is 5.75 Å². The molecule has 2 N–H and O–H groups in total. The Bertz CT molecular complexity index is 1050. The summed E-state index contributed by atoms with van der Waals surface area (Å²) in [6, 6.07) is 26.5. The Morgan fingerprint density at radius 3 is 2.15 bits per heavy atom. The van der Waals surface area contributed by atoms with Crippen LogP contribution in [-0.2, 0) is 4.79 Å². The van der Waals surface area contributed by atoms with E-state index in [0.717, 1.165) is 35.4 Å². The average molecular weight is 443 g/mol. The number of ether oxygens (including phenoxy) is 1. The van der Waals surface area contributed by atoms with Gasteiger partial charge in [-0.1, -0.05) is 68.4 Å². The minimum atomic E-state index is -0.0517. The average Bonchev–Trinajstić information content (AvgIpc) is 3.64. The number of hydrogen-bond acceptors (Lipinski definition) is 3. The molecular formula is C29H34N2O2. The standard InChI is InChI=1S/C29H34N2O2/c1-20(2)17-24(30)19-31(29(32)28-18-27(28)23-7-5-4-6-8-23)25-13-9-21(10-14-25)22-11-15-26(33-3)16-12-22/h4-16,20,24,27-28H,17-19,30H2,1-3H3/t24-,27-,28+/m0/s1. The van der Waals surface area contributed by atoms with Crippen molar-refractivity contribution in [1.29, 1.82) is 0 Å². The lowest BCUT2D eigenvalue weighted by Crippen LogP contribution is -2.42. The molecule has 0 radical (unpaired) electrons. The first-order chi connectivity index (χ1) is 16.0. The largest absolute Gasteiger partial charge is 0.497 e. The number of carbonyl (C=O) groups is 1. The van der Waals surface area contributed by atoms with Crippen LogP contribution in [0.5, 0.6) is 5.75 Å². The zero-order chi connectivity index (χ0) is 23.4. The first-order valence-corrected chi connectivity index (χ1v) is 11.8. The van der Waals surface area contributed by atoms with Gasteiger partial charge in [0.15, 0.2) is 0 Å². The van der Waals surface area contributed by atoms with Crippen molar-refractivity contribution in [1.82, 2.24) is 0 Å². The molecule has 4 rings (SSSR count). The van der Waals surface area contributed by atoms with Crippen LogP contribution in [0.3, 0.4) is 0 Å². The van der Waals surface area contributed by atoms with E-state index in [9.17, 15) is 4.79 Å². The highest BCUT2D eigenvalue weighted by Gasteiger charge is 2.46. The second kappa shape index (κ2) is 10.2. The summed E-state index contributed by atoms with van der Waals surface area (Å²) >= 11 is 0. The molecule has 1 saturated carbocycles. The van der Waals surface area contributed by atoms with Crippen LogP contribution in [0.4, 0.5) is 5.69 Å². The molecule has 1 amide bonds. The molecule has 4 nitrogen and oxygen atoms in total. The molecule has 33 heavy (non-hydrogen) atoms. The van der Waals surface area contributed by atoms with Gasteiger partial charge >= 0.3 is 0 Å². The van der Waals surface area contributed by atoms with Crippen LogP contribution in [0.2, 0.25) is 0 Å². The molecule has 4 heteroatoms. The van der Waals surface area contributed by atoms with E-state index in [-0.39, 0.29) is 17.9 Å². The topological polar surface area (TPSA) is 55.6 Å². The Morgan fingerprint density at radius 2 is 1.58 bits per heavy atom. The van der Waals surface area contributed by atoms with Crippen LogP contribution < -0.4 is 15.4 Å². The monoisotopic (exact) mass is 442 g/mol. The Labute approximate surface area is 197 Å². The minimum Gasteiger partial charge on any atom is -0.497 e. The molecule has 0 saturated heterocycles. The van der Waals surface area contributed by atoms with E-state index in [0.29, 0.717) is 18.4 Å². The van der Waals surface area contributed by atoms with Crippen molar-refractivity contribution in [2.24, 2.45) is 17.6 Å². The Kier molecular flexibility index (Phi) is 7.14. The molecule has 0 spiro atoms. The molecule has 0 aromatic heterocycles. The van der Waals surface area contributed by atoms with Crippen molar-refractivity contribution in [2.75, 3.05) is 18.6 Å². The maximum Gasteiger partial charge on any atom is 0.230 e. The van der Waals surface area contributed by atoms with Gasteiger partial charge in [-0.2, -0.15) is 0 Å². The number of nitrogens with two attached hydrogens (primary N) is 1. The first-order valence-electron chi connectivity index (χ1n) is 11.8. The van der Waals surface area contributed by atoms with Crippen LogP contribution in [0.25, 0.3) is 11.1 Å². The van der Waals surface area contributed by atoms with Gasteiger partial charge in [-0.3, -0.25) is 4.79 Å². The summed E-state index contributed by atoms with van der Waals surface area (Å²) in [4.78, 5) is 15.5. The van der Waals surface area contributed by atoms with E-state index in [1.165, 1.54) is 5.56 Å². The number of benzene rings is 3. The number of amides is 1. The molecule has 3 aromatic carbocycles. The third kappa shape index (κ3) is 5.63. The van der Waals surface area contributed by atoms with Crippen LogP contribution in [0.15, 0.2) is 78.9 Å². The highest BCUT2D eigenvalue weighted by molar-refractivity contribution is 5.97. The van der Waals surface area contributed by atoms with Crippen molar-refractivity contribution >= 4 is 11.6 Å². The second-order valence-electron chi connectivity index (χ2n) is 9.47. The van der Waals surface area contributed by atoms with Crippen LogP contribution in [0.1, 0.15) is 38.2 Å². The summed E-state index contributed by atoms with van der Waals surface area (Å²) < 4.78 is 5.26. The molecular weight excluding hydrogens is 408 g/mol. The Hall–Kier alpha value is -3.11. The van der Waals surface area contributed by atoms with Crippen molar-refractivity contribution in [3.63, 3.8) is 0 Å². The van der Waals surface area contributed by atoms with Gasteiger partial charge < -0.3 is 15.4 Å². The third-order valence-electron chi connectivity index (χ3n) is 6.39. The maximum atomic E-state index is 13.6. The molecule has 3 atom stereocenters. The van der Waals surface area contributed by atoms with E-state index in [1.807, 2.05) is 59.5 Å². The van der Waals surface area contributed by atoms with Crippen molar-refractivity contribution in [2.45, 2.75) is 38.6 Å². The summed E-state index contributed by atoms with van der Waals surface area (Å²) in [5.41, 5.74) is 10.8. The van der Waals surface area contributed by atoms with Gasteiger partial charge in [0.25, 0.3) is 0 Å². The summed E-state index contributed by atoms with van der Waals surface area (Å²) in [6.07, 6.45) is 1.79. The highest BCUT2D eigenvalue weighted by atomic mass is 16.5. The van der Waals surface area contributed by atoms with Crippen LogP contribution >= 0.6 is 0 Å². The quantitative estimate of drug-likeness (QED) is 0.451. The number of anilines is 1. The van der Waals surface area contributed by atoms with Crippen molar-refractivity contribution in [3.8, 4) is 16.9 Å². The fourth-order valence-corrected chi connectivity index (χ4v) is 4.59. The minimum absolute atomic E-state index is 0.0277. The number of carbonyl (C=O) groups excluding carboxylic acids is 1. The van der Waals surface area contributed by atoms with E-state index in [1.54, 1.807) is 7.11 Å². The van der Waals surface area contributed by atoms with E-state index in [2.05, 4.69) is 38.1 Å². The van der Waals surface area contributed by atoms with Gasteiger partial charge in [0, 0.05) is 24.2 Å². The zero-order valence-corrected chi connectivity index (χ0v) is 19.8. The molecule has 0 bridgehead atoms. The lowest BCUT2D eigenvalue weighted by atomic mass is 10.0. The molecule has 1 fully saturated rings. The summed E-state index contributed by atoms with van der Waals surface area (Å²) in [7, 11) is 1.67. The smallest absolute Gasteiger partial charge is 0.230 e. The number of methoxy groups -OCH3 is 1. The molecule has 1 aliphatic rings. The van der Waals surface area contributed by atoms with Gasteiger partial charge in [0.05, 0.1) is 7.11 Å². The summed E-state index contributed by atoms with van der Waals surface area (Å²) in [5, 5.41) is 0. The third-order valence-corrected chi connectivity index (χ3v) is 6.39. The molecule has 0 aliphatic heterocycles. The molecule has 3 aromatic rings. The van der Waals surface area contributed by atoms with Gasteiger partial charge in [-0.05, 0) is 65.6 Å². The molecule has 1 aliphatic carbocycles. The number of rotatable bonds is 9. The fourth-order valence-electron chi connectivity index (χ4n) is 4.59. The van der Waals surface area contributed by atoms with Gasteiger partial charge in [0.2, 0.25) is 5.91 Å². The number of nitrogens with zero attached hydrogens (tertiary/aromatic N) is 1. The maximum absolute atomic E-state index is 13.6. The normalized spacial score (nSPS) is 18.1. The summed E-state index contributed by atoms with van der Waals surface area (Å²) in [5.74, 6) is 1.84. The van der Waals surface area contributed by atoms with Gasteiger partial charge in [-0.25, -0.2) is 0 Å². The Morgan fingerprint density at radius 1 is 0.970 bits per heavy atom. The zero-order valence-electron chi connectivity index (χ0n) is 19.8. The molecule has 172 valence electrons. The number of hydrogen-bond donors (Lipinski definition) is 1. The fraction of sp³-hybridized carbons (Fsp3) is 0.345. The predicted molar refractivity (Wildman–Crippen MR) is 136 cm³/mol. The second-order valence-corrected chi connectivity index (χ2v) is 9.47. The van der Waals surface area contributed by atoms with Crippen molar-refractivity contribution < 1.29 is 9.53 Å². The van der Waals surface area contributed by atoms with E-state index in [4.69, 9.17) is 10.5 Å². The SMILES string of the molecule is COc1ccc(-c2ccc(N(C[C@@H](N)CC(C)C)C(=O)[C@@H]3C[C@H]3c3ccccc3)cc2)cc1. The molecule has 0 unspecified atom stereocenters. The van der Waals surface area contributed by atoms with E-state index >= 15 is 0 Å². The van der Waals surface area contributed by atoms with E-state index < -0.39 is 0 Å². The first kappa shape index (κ1) is 23.1. The van der Waals surface area contributed by atoms with Crippen LogP contribution in [-0.4, -0.2) is 25.6 Å². The highest BCUT2D eigenvalue weighted by Crippen LogP contribution is 2.48. The summed E-state index contributed by atoms with van der Waals surface area (Å²) in [6.45, 7) is 4.88. The lowest BCUT2D eigenvalue weighted by molar-refractivity contribution is -0.120. The predicted octanol–water partition coefficient (Wildman–Crippen LogP) is 5.87. The molecule has 0 heterocycles. The van der Waals surface area contributed by atoms with Gasteiger partial charge in [-0.15, -0.1) is 0 Å². The van der Waals surface area contributed by atoms with Crippen LogP contribution in [0, 0.1) is 11.8 Å².